The summed E-state index contributed by atoms with van der Waals surface area (Å²) in [7, 11) is -1.67. The molecule has 0 saturated carbocycles. The zero-order valence-corrected chi connectivity index (χ0v) is 11.8. The molecule has 1 rings (SSSR count). The van der Waals surface area contributed by atoms with Crippen LogP contribution in [0.3, 0.4) is 0 Å². The number of nitrogens with one attached hydrogen (secondary N) is 2. The van der Waals surface area contributed by atoms with Crippen LogP contribution in [0.15, 0.2) is 29.2 Å². The Morgan fingerprint density at radius 1 is 1.32 bits per heavy atom. The van der Waals surface area contributed by atoms with Crippen molar-refractivity contribution in [1.82, 2.24) is 10.6 Å². The lowest BCUT2D eigenvalue weighted by atomic mass is 10.1. The molecule has 0 fully saturated rings. The van der Waals surface area contributed by atoms with Gasteiger partial charge in [0.1, 0.15) is 0 Å². The third-order valence-corrected chi connectivity index (χ3v) is 4.51. The molecule has 2 amide bonds. The van der Waals surface area contributed by atoms with Gasteiger partial charge in [0.05, 0.1) is 10.6 Å². The van der Waals surface area contributed by atoms with Crippen LogP contribution in [0.25, 0.3) is 0 Å². The van der Waals surface area contributed by atoms with Crippen molar-refractivity contribution in [2.45, 2.75) is 17.9 Å². The molecule has 0 aliphatic rings. The predicted molar refractivity (Wildman–Crippen MR) is 73.6 cm³/mol. The standard InChI is InChI=1S/C12H19N3O3S/c1-3-19(17,18)10-6-4-9(5-7-10)11(13)8-15-12(16)14-2/h4-7,11H,3,8,13H2,1-2H3,(H2,14,15,16)/t11-/m0/s1. The van der Waals surface area contributed by atoms with Crippen molar-refractivity contribution in [1.29, 1.82) is 0 Å². The van der Waals surface area contributed by atoms with Gasteiger partial charge in [0, 0.05) is 19.6 Å². The lowest BCUT2D eigenvalue weighted by Gasteiger charge is -2.13. The molecule has 0 bridgehead atoms. The van der Waals surface area contributed by atoms with Crippen molar-refractivity contribution in [3.05, 3.63) is 29.8 Å². The fourth-order valence-electron chi connectivity index (χ4n) is 1.50. The maximum absolute atomic E-state index is 11.6. The Labute approximate surface area is 113 Å². The third kappa shape index (κ3) is 4.22. The molecule has 0 spiro atoms. The van der Waals surface area contributed by atoms with Crippen LogP contribution >= 0.6 is 0 Å². The molecule has 1 aromatic carbocycles. The van der Waals surface area contributed by atoms with Gasteiger partial charge in [0.2, 0.25) is 0 Å². The second-order valence-corrected chi connectivity index (χ2v) is 6.32. The summed E-state index contributed by atoms with van der Waals surface area (Å²) in [6.45, 7) is 1.88. The van der Waals surface area contributed by atoms with E-state index < -0.39 is 9.84 Å². The van der Waals surface area contributed by atoms with E-state index >= 15 is 0 Å². The zero-order chi connectivity index (χ0) is 14.5. The van der Waals surface area contributed by atoms with Gasteiger partial charge in [0.15, 0.2) is 9.84 Å². The summed E-state index contributed by atoms with van der Waals surface area (Å²) in [6.07, 6.45) is 0. The lowest BCUT2D eigenvalue weighted by molar-refractivity contribution is 0.242. The van der Waals surface area contributed by atoms with E-state index in [2.05, 4.69) is 10.6 Å². The van der Waals surface area contributed by atoms with Gasteiger partial charge in [-0.15, -0.1) is 0 Å². The second kappa shape index (κ2) is 6.53. The highest BCUT2D eigenvalue weighted by molar-refractivity contribution is 7.91. The highest BCUT2D eigenvalue weighted by Crippen LogP contribution is 2.15. The van der Waals surface area contributed by atoms with E-state index in [1.165, 1.54) is 19.2 Å². The zero-order valence-electron chi connectivity index (χ0n) is 11.0. The number of carbonyl (C=O) groups excluding carboxylic acids is 1. The monoisotopic (exact) mass is 285 g/mol. The van der Waals surface area contributed by atoms with Gasteiger partial charge in [-0.25, -0.2) is 13.2 Å². The van der Waals surface area contributed by atoms with Crippen molar-refractivity contribution < 1.29 is 13.2 Å². The molecule has 106 valence electrons. The number of benzene rings is 1. The smallest absolute Gasteiger partial charge is 0.314 e. The summed E-state index contributed by atoms with van der Waals surface area (Å²) < 4.78 is 23.3. The van der Waals surface area contributed by atoms with Gasteiger partial charge in [-0.3, -0.25) is 0 Å². The van der Waals surface area contributed by atoms with Crippen LogP contribution in [0.2, 0.25) is 0 Å². The molecule has 0 aromatic heterocycles. The Morgan fingerprint density at radius 2 is 1.89 bits per heavy atom. The van der Waals surface area contributed by atoms with Crippen LogP contribution in [-0.2, 0) is 9.84 Å². The van der Waals surface area contributed by atoms with Gasteiger partial charge in [0.25, 0.3) is 0 Å². The highest BCUT2D eigenvalue weighted by Gasteiger charge is 2.13. The summed E-state index contributed by atoms with van der Waals surface area (Å²) in [5.41, 5.74) is 6.67. The minimum Gasteiger partial charge on any atom is -0.341 e. The van der Waals surface area contributed by atoms with E-state index in [0.29, 0.717) is 0 Å². The topological polar surface area (TPSA) is 101 Å². The molecule has 19 heavy (non-hydrogen) atoms. The molecule has 1 aromatic rings. The molecule has 0 heterocycles. The Balaban J connectivity index is 2.74. The summed E-state index contributed by atoms with van der Waals surface area (Å²) in [6, 6.07) is 5.72. The number of sulfone groups is 1. The van der Waals surface area contributed by atoms with Crippen molar-refractivity contribution in [2.75, 3.05) is 19.3 Å². The molecule has 0 radical (unpaired) electrons. The van der Waals surface area contributed by atoms with Crippen LogP contribution < -0.4 is 16.4 Å². The molecule has 0 aliphatic carbocycles. The molecule has 4 N–H and O–H groups in total. The fraction of sp³-hybridized carbons (Fsp3) is 0.417. The molecule has 6 nitrogen and oxygen atoms in total. The maximum Gasteiger partial charge on any atom is 0.314 e. The lowest BCUT2D eigenvalue weighted by Crippen LogP contribution is -2.37. The summed E-state index contributed by atoms with van der Waals surface area (Å²) in [5, 5.41) is 5.02. The maximum atomic E-state index is 11.6. The minimum atomic E-state index is -3.19. The van der Waals surface area contributed by atoms with E-state index in [1.807, 2.05) is 0 Å². The second-order valence-electron chi connectivity index (χ2n) is 4.04. The number of hydrogen-bond donors (Lipinski definition) is 3. The van der Waals surface area contributed by atoms with Gasteiger partial charge >= 0.3 is 6.03 Å². The third-order valence-electron chi connectivity index (χ3n) is 2.76. The Morgan fingerprint density at radius 3 is 2.37 bits per heavy atom. The number of carbonyl (C=O) groups is 1. The number of urea groups is 1. The molecule has 0 unspecified atom stereocenters. The average Bonchev–Trinajstić information content (AvgIpc) is 2.44. The molecule has 7 heteroatoms. The Kier molecular flexibility index (Phi) is 5.31. The van der Waals surface area contributed by atoms with Crippen LogP contribution in [0.5, 0.6) is 0 Å². The van der Waals surface area contributed by atoms with Gasteiger partial charge in [-0.2, -0.15) is 0 Å². The highest BCUT2D eigenvalue weighted by atomic mass is 32.2. The van der Waals surface area contributed by atoms with Crippen LogP contribution in [0.4, 0.5) is 4.79 Å². The quantitative estimate of drug-likeness (QED) is 0.729. The first-order valence-corrected chi connectivity index (χ1v) is 7.59. The molecule has 1 atom stereocenters. The van der Waals surface area contributed by atoms with Crippen molar-refractivity contribution in [2.24, 2.45) is 5.73 Å². The number of rotatable bonds is 5. The van der Waals surface area contributed by atoms with Crippen LogP contribution in [0.1, 0.15) is 18.5 Å². The normalized spacial score (nSPS) is 12.8. The SMILES string of the molecule is CCS(=O)(=O)c1ccc([C@@H](N)CNC(=O)NC)cc1. The van der Waals surface area contributed by atoms with Gasteiger partial charge in [-0.05, 0) is 17.7 Å². The summed E-state index contributed by atoms with van der Waals surface area (Å²) in [5.74, 6) is 0.0661. The van der Waals surface area contributed by atoms with Crippen molar-refractivity contribution >= 4 is 15.9 Å². The largest absolute Gasteiger partial charge is 0.341 e. The molecule has 0 saturated heterocycles. The first-order chi connectivity index (χ1) is 8.90. The Bertz CT molecular complexity index is 526. The van der Waals surface area contributed by atoms with Gasteiger partial charge < -0.3 is 16.4 Å². The van der Waals surface area contributed by atoms with E-state index in [0.717, 1.165) is 5.56 Å². The van der Waals surface area contributed by atoms with Gasteiger partial charge in [-0.1, -0.05) is 19.1 Å². The van der Waals surface area contributed by atoms with E-state index in [1.54, 1.807) is 19.1 Å². The van der Waals surface area contributed by atoms with Crippen molar-refractivity contribution in [3.8, 4) is 0 Å². The first-order valence-electron chi connectivity index (χ1n) is 5.94. The molecular weight excluding hydrogens is 266 g/mol. The van der Waals surface area contributed by atoms with Crippen molar-refractivity contribution in [3.63, 3.8) is 0 Å². The first kappa shape index (κ1) is 15.5. The fourth-order valence-corrected chi connectivity index (χ4v) is 2.38. The van der Waals surface area contributed by atoms with E-state index in [-0.39, 0.29) is 29.3 Å². The average molecular weight is 285 g/mol. The van der Waals surface area contributed by atoms with E-state index in [9.17, 15) is 13.2 Å². The Hall–Kier alpha value is -1.60. The number of amides is 2. The molecular formula is C12H19N3O3S. The summed E-state index contributed by atoms with van der Waals surface area (Å²) in [4.78, 5) is 11.3. The number of nitrogens with two attached hydrogens (primary N) is 1. The predicted octanol–water partition coefficient (Wildman–Crippen LogP) is 0.409. The molecule has 0 aliphatic heterocycles. The van der Waals surface area contributed by atoms with E-state index in [4.69, 9.17) is 5.73 Å². The number of hydrogen-bond acceptors (Lipinski definition) is 4. The van der Waals surface area contributed by atoms with Crippen LogP contribution in [0, 0.1) is 0 Å². The summed E-state index contributed by atoms with van der Waals surface area (Å²) >= 11 is 0. The minimum absolute atomic E-state index is 0.0661. The van der Waals surface area contributed by atoms with Crippen LogP contribution in [-0.4, -0.2) is 33.8 Å².